The average Bonchev–Trinajstić information content (AvgIpc) is 3.20. The summed E-state index contributed by atoms with van der Waals surface area (Å²) < 4.78 is 8.55. The summed E-state index contributed by atoms with van der Waals surface area (Å²) in [6.07, 6.45) is 1.69. The molecule has 3 aromatic carbocycles. The van der Waals surface area contributed by atoms with Crippen molar-refractivity contribution in [3.63, 3.8) is 0 Å². The van der Waals surface area contributed by atoms with Gasteiger partial charge in [-0.2, -0.15) is 5.10 Å². The molecule has 0 radical (unpaired) electrons. The van der Waals surface area contributed by atoms with Crippen molar-refractivity contribution in [1.82, 2.24) is 19.7 Å². The summed E-state index contributed by atoms with van der Waals surface area (Å²) in [5, 5.41) is 8.99. The van der Waals surface area contributed by atoms with Crippen molar-refractivity contribution >= 4 is 27.7 Å². The van der Waals surface area contributed by atoms with E-state index in [0.29, 0.717) is 18.6 Å². The highest BCUT2D eigenvalue weighted by atomic mass is 16.5. The first-order valence-corrected chi connectivity index (χ1v) is 12.3. The minimum Gasteiger partial charge on any atom is -0.497 e. The van der Waals surface area contributed by atoms with Crippen LogP contribution in [0.2, 0.25) is 0 Å². The van der Waals surface area contributed by atoms with E-state index in [2.05, 4.69) is 47.9 Å². The fourth-order valence-electron chi connectivity index (χ4n) is 5.06. The number of nitrogens with one attached hydrogen (secondary N) is 1. The van der Waals surface area contributed by atoms with Crippen LogP contribution in [-0.2, 0) is 24.4 Å². The SMILES string of the molecule is COc1cccc(CNC(=O)Cn2ncc3c4ccccc4n(Cc4c(C)cc(C)cc4C)c3c2=O)c1. The second kappa shape index (κ2) is 9.93. The molecule has 0 aliphatic heterocycles. The van der Waals surface area contributed by atoms with Crippen LogP contribution in [0.3, 0.4) is 0 Å². The number of hydrogen-bond acceptors (Lipinski definition) is 4. The number of aromatic nitrogens is 3. The van der Waals surface area contributed by atoms with E-state index < -0.39 is 0 Å². The van der Waals surface area contributed by atoms with Gasteiger partial charge in [0.1, 0.15) is 17.8 Å². The van der Waals surface area contributed by atoms with Gasteiger partial charge in [0.25, 0.3) is 5.56 Å². The predicted octanol–water partition coefficient (Wildman–Crippen LogP) is 4.65. The van der Waals surface area contributed by atoms with E-state index in [1.807, 2.05) is 48.5 Å². The Bertz CT molecular complexity index is 1670. The molecule has 0 fully saturated rings. The number of rotatable bonds is 7. The first kappa shape index (κ1) is 24.3. The van der Waals surface area contributed by atoms with Crippen LogP contribution in [0.5, 0.6) is 5.75 Å². The number of methoxy groups -OCH3 is 1. The Morgan fingerprint density at radius 1 is 0.973 bits per heavy atom. The first-order chi connectivity index (χ1) is 17.9. The molecule has 0 saturated heterocycles. The normalized spacial score (nSPS) is 11.2. The fourth-order valence-corrected chi connectivity index (χ4v) is 5.06. The summed E-state index contributed by atoms with van der Waals surface area (Å²) in [7, 11) is 1.60. The first-order valence-electron chi connectivity index (χ1n) is 12.3. The molecule has 0 aliphatic rings. The number of aryl methyl sites for hydroxylation is 3. The van der Waals surface area contributed by atoms with Crippen molar-refractivity contribution in [2.75, 3.05) is 7.11 Å². The molecule has 0 spiro atoms. The van der Waals surface area contributed by atoms with Crippen LogP contribution < -0.4 is 15.6 Å². The molecule has 7 heteroatoms. The Morgan fingerprint density at radius 2 is 1.73 bits per heavy atom. The van der Waals surface area contributed by atoms with E-state index in [0.717, 1.165) is 27.6 Å². The molecule has 1 amide bonds. The monoisotopic (exact) mass is 494 g/mol. The summed E-state index contributed by atoms with van der Waals surface area (Å²) in [6.45, 7) is 7.03. The smallest absolute Gasteiger partial charge is 0.291 e. The van der Waals surface area contributed by atoms with Crippen molar-refractivity contribution in [2.45, 2.75) is 40.4 Å². The van der Waals surface area contributed by atoms with Crippen LogP contribution in [0.15, 0.2) is 71.7 Å². The van der Waals surface area contributed by atoms with Gasteiger partial charge in [0.2, 0.25) is 5.91 Å². The Morgan fingerprint density at radius 3 is 2.49 bits per heavy atom. The molecule has 0 aliphatic carbocycles. The Hall–Kier alpha value is -4.39. The number of carbonyl (C=O) groups is 1. The van der Waals surface area contributed by atoms with E-state index in [4.69, 9.17) is 4.74 Å². The van der Waals surface area contributed by atoms with E-state index >= 15 is 0 Å². The maximum absolute atomic E-state index is 13.7. The minimum absolute atomic E-state index is 0.164. The van der Waals surface area contributed by atoms with Gasteiger partial charge in [-0.1, -0.05) is 48.0 Å². The average molecular weight is 495 g/mol. The quantitative estimate of drug-likeness (QED) is 0.357. The lowest BCUT2D eigenvalue weighted by molar-refractivity contribution is -0.122. The number of hydrogen-bond donors (Lipinski definition) is 1. The van der Waals surface area contributed by atoms with E-state index in [9.17, 15) is 9.59 Å². The molecule has 188 valence electrons. The molecule has 5 aromatic rings. The third-order valence-electron chi connectivity index (χ3n) is 6.85. The standard InChI is InChI=1S/C30H30N4O3/c1-19-12-20(2)26(21(3)13-19)17-33-27-11-6-5-10-24(27)25-16-32-34(30(36)29(25)33)18-28(35)31-15-22-8-7-9-23(14-22)37-4/h5-14,16H,15,17-18H2,1-4H3,(H,31,35). The molecule has 0 saturated carbocycles. The van der Waals surface area contributed by atoms with Crippen LogP contribution in [0.1, 0.15) is 27.8 Å². The highest BCUT2D eigenvalue weighted by Gasteiger charge is 2.18. The van der Waals surface area contributed by atoms with Crippen LogP contribution in [0, 0.1) is 20.8 Å². The van der Waals surface area contributed by atoms with Crippen molar-refractivity contribution < 1.29 is 9.53 Å². The summed E-state index contributed by atoms with van der Waals surface area (Å²) in [5.41, 5.74) is 6.93. The van der Waals surface area contributed by atoms with Crippen molar-refractivity contribution in [2.24, 2.45) is 0 Å². The number of fused-ring (bicyclic) bond motifs is 3. The second-order valence-electron chi connectivity index (χ2n) is 9.48. The molecule has 37 heavy (non-hydrogen) atoms. The summed E-state index contributed by atoms with van der Waals surface area (Å²) >= 11 is 0. The Kier molecular flexibility index (Phi) is 6.53. The van der Waals surface area contributed by atoms with Crippen LogP contribution >= 0.6 is 0 Å². The highest BCUT2D eigenvalue weighted by molar-refractivity contribution is 6.07. The lowest BCUT2D eigenvalue weighted by atomic mass is 10.00. The summed E-state index contributed by atoms with van der Waals surface area (Å²) in [4.78, 5) is 26.5. The largest absolute Gasteiger partial charge is 0.497 e. The van der Waals surface area contributed by atoms with Crippen LogP contribution in [0.25, 0.3) is 21.8 Å². The zero-order valence-corrected chi connectivity index (χ0v) is 21.5. The molecule has 0 bridgehead atoms. The van der Waals surface area contributed by atoms with Gasteiger partial charge >= 0.3 is 0 Å². The maximum atomic E-state index is 13.7. The summed E-state index contributed by atoms with van der Waals surface area (Å²) in [6, 6.07) is 19.8. The lowest BCUT2D eigenvalue weighted by Gasteiger charge is -2.14. The van der Waals surface area contributed by atoms with Crippen molar-refractivity contribution in [1.29, 1.82) is 0 Å². The van der Waals surface area contributed by atoms with Gasteiger partial charge < -0.3 is 14.6 Å². The zero-order chi connectivity index (χ0) is 26.1. The van der Waals surface area contributed by atoms with Crippen LogP contribution in [-0.4, -0.2) is 27.4 Å². The van der Waals surface area contributed by atoms with Gasteiger partial charge in [-0.15, -0.1) is 0 Å². The maximum Gasteiger partial charge on any atom is 0.291 e. The Balaban J connectivity index is 1.50. The van der Waals surface area contributed by atoms with Gasteiger partial charge in [0.15, 0.2) is 0 Å². The van der Waals surface area contributed by atoms with Gasteiger partial charge in [-0.25, -0.2) is 4.68 Å². The van der Waals surface area contributed by atoms with Crippen molar-refractivity contribution in [3.05, 3.63) is 105 Å². The topological polar surface area (TPSA) is 78.2 Å². The van der Waals surface area contributed by atoms with Gasteiger partial charge in [0.05, 0.1) is 13.3 Å². The number of carbonyl (C=O) groups excluding carboxylic acids is 1. The third kappa shape index (κ3) is 4.72. The molecular weight excluding hydrogens is 464 g/mol. The molecule has 7 nitrogen and oxygen atoms in total. The third-order valence-corrected chi connectivity index (χ3v) is 6.85. The van der Waals surface area contributed by atoms with E-state index in [1.165, 1.54) is 26.9 Å². The summed E-state index contributed by atoms with van der Waals surface area (Å²) in [5.74, 6) is 0.437. The highest BCUT2D eigenvalue weighted by Crippen LogP contribution is 2.28. The van der Waals surface area contributed by atoms with Crippen molar-refractivity contribution in [3.8, 4) is 5.75 Å². The number of amides is 1. The second-order valence-corrected chi connectivity index (χ2v) is 9.48. The molecule has 0 atom stereocenters. The predicted molar refractivity (Wildman–Crippen MR) is 146 cm³/mol. The molecular formula is C30H30N4O3. The van der Waals surface area contributed by atoms with Gasteiger partial charge in [-0.05, 0) is 61.2 Å². The van der Waals surface area contributed by atoms with Gasteiger partial charge in [-0.3, -0.25) is 9.59 Å². The number of benzene rings is 3. The fraction of sp³-hybridized carbons (Fsp3) is 0.233. The minimum atomic E-state index is -0.287. The zero-order valence-electron chi connectivity index (χ0n) is 21.5. The number of ether oxygens (including phenoxy) is 1. The molecule has 1 N–H and O–H groups in total. The van der Waals surface area contributed by atoms with E-state index in [1.54, 1.807) is 13.3 Å². The number of nitrogens with zero attached hydrogens (tertiary/aromatic N) is 3. The molecule has 2 heterocycles. The lowest BCUT2D eigenvalue weighted by Crippen LogP contribution is -2.33. The van der Waals surface area contributed by atoms with Crippen LogP contribution in [0.4, 0.5) is 0 Å². The molecule has 2 aromatic heterocycles. The van der Waals surface area contributed by atoms with Gasteiger partial charge in [0, 0.05) is 29.4 Å². The Labute approximate surface area is 215 Å². The number of para-hydroxylation sites is 1. The molecule has 5 rings (SSSR count). The van der Waals surface area contributed by atoms with E-state index in [-0.39, 0.29) is 18.0 Å². The molecule has 0 unspecified atom stereocenters.